The van der Waals surface area contributed by atoms with Crippen molar-refractivity contribution < 1.29 is 4.79 Å². The molecule has 0 aliphatic carbocycles. The number of aromatic nitrogens is 2. The first kappa shape index (κ1) is 17.1. The molecule has 2 aromatic heterocycles. The molecule has 4 nitrogen and oxygen atoms in total. The standard InChI is InChI=1S/C19H25N3O/c1-15(2)19(16-8-7-12-20-14-16)22(3)18(23)11-6-10-17-9-4-5-13-21-17/h4-5,7-9,12-15,19H,6,10-11H2,1-3H3. The third-order valence-corrected chi connectivity index (χ3v) is 4.02. The zero-order chi connectivity index (χ0) is 16.7. The van der Waals surface area contributed by atoms with Crippen LogP contribution in [0.5, 0.6) is 0 Å². The van der Waals surface area contributed by atoms with E-state index in [1.165, 1.54) is 0 Å². The van der Waals surface area contributed by atoms with E-state index in [2.05, 4.69) is 23.8 Å². The molecule has 1 amide bonds. The first-order valence-electron chi connectivity index (χ1n) is 8.15. The molecule has 0 aliphatic rings. The maximum Gasteiger partial charge on any atom is 0.222 e. The smallest absolute Gasteiger partial charge is 0.222 e. The Morgan fingerprint density at radius 3 is 2.61 bits per heavy atom. The van der Waals surface area contributed by atoms with E-state index in [1.54, 1.807) is 12.4 Å². The van der Waals surface area contributed by atoms with Crippen LogP contribution in [-0.4, -0.2) is 27.8 Å². The topological polar surface area (TPSA) is 46.1 Å². The van der Waals surface area contributed by atoms with Crippen molar-refractivity contribution in [1.82, 2.24) is 14.9 Å². The summed E-state index contributed by atoms with van der Waals surface area (Å²) in [7, 11) is 1.89. The predicted octanol–water partition coefficient (Wildman–Crippen LogP) is 3.66. The molecule has 2 heterocycles. The quantitative estimate of drug-likeness (QED) is 0.784. The average molecular weight is 311 g/mol. The summed E-state index contributed by atoms with van der Waals surface area (Å²) in [5, 5.41) is 0. The summed E-state index contributed by atoms with van der Waals surface area (Å²) in [5.74, 6) is 0.507. The summed E-state index contributed by atoms with van der Waals surface area (Å²) in [6, 6.07) is 9.91. The van der Waals surface area contributed by atoms with Gasteiger partial charge in [0.05, 0.1) is 6.04 Å². The fourth-order valence-electron chi connectivity index (χ4n) is 2.90. The summed E-state index contributed by atoms with van der Waals surface area (Å²) < 4.78 is 0. The minimum atomic E-state index is 0.0612. The van der Waals surface area contributed by atoms with Gasteiger partial charge in [-0.05, 0) is 42.5 Å². The third kappa shape index (κ3) is 4.88. The lowest BCUT2D eigenvalue weighted by Gasteiger charge is -2.31. The summed E-state index contributed by atoms with van der Waals surface area (Å²) in [6.07, 6.45) is 7.59. The molecule has 4 heteroatoms. The minimum absolute atomic E-state index is 0.0612. The van der Waals surface area contributed by atoms with Gasteiger partial charge in [-0.15, -0.1) is 0 Å². The van der Waals surface area contributed by atoms with Crippen LogP contribution < -0.4 is 0 Å². The van der Waals surface area contributed by atoms with Gasteiger partial charge < -0.3 is 4.90 Å². The van der Waals surface area contributed by atoms with E-state index in [0.29, 0.717) is 12.3 Å². The van der Waals surface area contributed by atoms with Gasteiger partial charge in [0, 0.05) is 37.8 Å². The molecule has 0 spiro atoms. The Morgan fingerprint density at radius 1 is 1.17 bits per heavy atom. The van der Waals surface area contributed by atoms with E-state index >= 15 is 0 Å². The molecule has 0 saturated heterocycles. The molecule has 2 rings (SSSR count). The van der Waals surface area contributed by atoms with Gasteiger partial charge in [0.15, 0.2) is 0 Å². The Kier molecular flexibility index (Phi) is 6.27. The van der Waals surface area contributed by atoms with E-state index < -0.39 is 0 Å². The highest BCUT2D eigenvalue weighted by Crippen LogP contribution is 2.27. The Bertz CT molecular complexity index is 599. The first-order chi connectivity index (χ1) is 11.1. The lowest BCUT2D eigenvalue weighted by molar-refractivity contribution is -0.133. The van der Waals surface area contributed by atoms with E-state index in [-0.39, 0.29) is 11.9 Å². The maximum atomic E-state index is 12.5. The van der Waals surface area contributed by atoms with Gasteiger partial charge >= 0.3 is 0 Å². The normalized spacial score (nSPS) is 12.2. The number of nitrogens with zero attached hydrogens (tertiary/aromatic N) is 3. The summed E-state index contributed by atoms with van der Waals surface area (Å²) in [4.78, 5) is 22.9. The van der Waals surface area contributed by atoms with Crippen LogP contribution in [0.2, 0.25) is 0 Å². The number of amides is 1. The van der Waals surface area contributed by atoms with Crippen molar-refractivity contribution in [2.45, 2.75) is 39.2 Å². The van der Waals surface area contributed by atoms with Crippen molar-refractivity contribution in [3.05, 3.63) is 60.2 Å². The number of hydrogen-bond donors (Lipinski definition) is 0. The Hall–Kier alpha value is -2.23. The van der Waals surface area contributed by atoms with Gasteiger partial charge in [-0.3, -0.25) is 14.8 Å². The van der Waals surface area contributed by atoms with E-state index in [4.69, 9.17) is 0 Å². The fraction of sp³-hybridized carbons (Fsp3) is 0.421. The van der Waals surface area contributed by atoms with Gasteiger partial charge in [0.25, 0.3) is 0 Å². The van der Waals surface area contributed by atoms with Crippen LogP contribution in [0.15, 0.2) is 48.9 Å². The lowest BCUT2D eigenvalue weighted by Crippen LogP contribution is -2.34. The Balaban J connectivity index is 1.94. The molecule has 0 fully saturated rings. The molecule has 122 valence electrons. The SMILES string of the molecule is CC(C)C(c1cccnc1)N(C)C(=O)CCCc1ccccn1. The van der Waals surface area contributed by atoms with Crippen LogP contribution in [0.1, 0.15) is 44.0 Å². The summed E-state index contributed by atoms with van der Waals surface area (Å²) >= 11 is 0. The molecule has 0 saturated carbocycles. The molecular formula is C19H25N3O. The van der Waals surface area contributed by atoms with E-state index in [0.717, 1.165) is 24.1 Å². The molecule has 1 atom stereocenters. The van der Waals surface area contributed by atoms with Crippen molar-refractivity contribution in [2.24, 2.45) is 5.92 Å². The van der Waals surface area contributed by atoms with E-state index in [1.807, 2.05) is 48.5 Å². The lowest BCUT2D eigenvalue weighted by atomic mass is 9.95. The Morgan fingerprint density at radius 2 is 2.00 bits per heavy atom. The summed E-state index contributed by atoms with van der Waals surface area (Å²) in [6.45, 7) is 4.27. The fourth-order valence-corrected chi connectivity index (χ4v) is 2.90. The molecule has 0 aromatic carbocycles. The van der Waals surface area contributed by atoms with Crippen LogP contribution in [0, 0.1) is 5.92 Å². The number of carbonyl (C=O) groups excluding carboxylic acids is 1. The summed E-state index contributed by atoms with van der Waals surface area (Å²) in [5.41, 5.74) is 2.12. The maximum absolute atomic E-state index is 12.5. The molecule has 1 unspecified atom stereocenters. The number of aryl methyl sites for hydroxylation is 1. The highest BCUT2D eigenvalue weighted by molar-refractivity contribution is 5.76. The van der Waals surface area contributed by atoms with Crippen LogP contribution >= 0.6 is 0 Å². The van der Waals surface area contributed by atoms with Gasteiger partial charge in [-0.25, -0.2) is 0 Å². The second-order valence-corrected chi connectivity index (χ2v) is 6.15. The Labute approximate surface area is 138 Å². The van der Waals surface area contributed by atoms with Gasteiger partial charge in [-0.2, -0.15) is 0 Å². The first-order valence-corrected chi connectivity index (χ1v) is 8.15. The molecule has 23 heavy (non-hydrogen) atoms. The minimum Gasteiger partial charge on any atom is -0.338 e. The third-order valence-electron chi connectivity index (χ3n) is 4.02. The second-order valence-electron chi connectivity index (χ2n) is 6.15. The van der Waals surface area contributed by atoms with Crippen LogP contribution in [0.25, 0.3) is 0 Å². The number of pyridine rings is 2. The van der Waals surface area contributed by atoms with Crippen LogP contribution in [0.3, 0.4) is 0 Å². The van der Waals surface area contributed by atoms with Crippen molar-refractivity contribution in [3.63, 3.8) is 0 Å². The van der Waals surface area contributed by atoms with Crippen molar-refractivity contribution in [3.8, 4) is 0 Å². The van der Waals surface area contributed by atoms with Crippen LogP contribution in [-0.2, 0) is 11.2 Å². The van der Waals surface area contributed by atoms with Crippen molar-refractivity contribution >= 4 is 5.91 Å². The molecule has 0 aliphatic heterocycles. The monoisotopic (exact) mass is 311 g/mol. The van der Waals surface area contributed by atoms with Gasteiger partial charge in [0.1, 0.15) is 0 Å². The van der Waals surface area contributed by atoms with Gasteiger partial charge in [0.2, 0.25) is 5.91 Å². The van der Waals surface area contributed by atoms with Crippen molar-refractivity contribution in [1.29, 1.82) is 0 Å². The van der Waals surface area contributed by atoms with E-state index in [9.17, 15) is 4.79 Å². The number of carbonyl (C=O) groups is 1. The van der Waals surface area contributed by atoms with Gasteiger partial charge in [-0.1, -0.05) is 26.0 Å². The highest BCUT2D eigenvalue weighted by atomic mass is 16.2. The predicted molar refractivity (Wildman–Crippen MR) is 91.8 cm³/mol. The van der Waals surface area contributed by atoms with Crippen molar-refractivity contribution in [2.75, 3.05) is 7.05 Å². The molecule has 0 radical (unpaired) electrons. The molecule has 0 bridgehead atoms. The molecule has 0 N–H and O–H groups in total. The second kappa shape index (κ2) is 8.42. The van der Waals surface area contributed by atoms with Crippen LogP contribution in [0.4, 0.5) is 0 Å². The zero-order valence-electron chi connectivity index (χ0n) is 14.1. The highest BCUT2D eigenvalue weighted by Gasteiger charge is 2.24. The molecule has 2 aromatic rings. The zero-order valence-corrected chi connectivity index (χ0v) is 14.1. The number of hydrogen-bond acceptors (Lipinski definition) is 3. The number of rotatable bonds is 7. The largest absolute Gasteiger partial charge is 0.338 e. The molecular weight excluding hydrogens is 286 g/mol. The average Bonchev–Trinajstić information content (AvgIpc) is 2.56.